The average molecular weight is 193 g/mol. The van der Waals surface area contributed by atoms with Crippen molar-refractivity contribution in [3.05, 3.63) is 36.6 Å². The molecule has 2 heteroatoms. The first-order chi connectivity index (χ1) is 6.60. The number of rotatable bonds is 5. The molecule has 0 fully saturated rings. The molecule has 1 N–H and O–H groups in total. The van der Waals surface area contributed by atoms with Crippen molar-refractivity contribution < 1.29 is 4.79 Å². The third-order valence-corrected chi connectivity index (χ3v) is 1.84. The molecular weight excluding hydrogens is 174 g/mol. The van der Waals surface area contributed by atoms with Crippen molar-refractivity contribution in [3.63, 3.8) is 0 Å². The van der Waals surface area contributed by atoms with Gasteiger partial charge in [0.25, 0.3) is 0 Å². The number of allylic oxidation sites excluding steroid dienone is 4. The molecule has 1 atom stereocenters. The van der Waals surface area contributed by atoms with Gasteiger partial charge in [0.15, 0.2) is 0 Å². The van der Waals surface area contributed by atoms with E-state index in [1.54, 1.807) is 6.08 Å². The summed E-state index contributed by atoms with van der Waals surface area (Å²) in [6.45, 7) is 9.32. The predicted molar refractivity (Wildman–Crippen MR) is 60.7 cm³/mol. The smallest absolute Gasteiger partial charge is 0.221 e. The monoisotopic (exact) mass is 193 g/mol. The Morgan fingerprint density at radius 3 is 2.64 bits per heavy atom. The molecule has 1 amide bonds. The van der Waals surface area contributed by atoms with Crippen LogP contribution in [0.15, 0.2) is 36.6 Å². The maximum absolute atomic E-state index is 10.9. The van der Waals surface area contributed by atoms with Crippen LogP contribution in [0, 0.1) is 5.92 Å². The molecular formula is C12H19NO. The Bertz CT molecular complexity index is 251. The molecule has 0 heterocycles. The number of carbonyl (C=O) groups excluding carboxylic acids is 1. The maximum atomic E-state index is 10.9. The summed E-state index contributed by atoms with van der Waals surface area (Å²) in [4.78, 5) is 10.9. The van der Waals surface area contributed by atoms with Crippen molar-refractivity contribution in [3.8, 4) is 0 Å². The van der Waals surface area contributed by atoms with Gasteiger partial charge in [0.1, 0.15) is 0 Å². The van der Waals surface area contributed by atoms with E-state index in [2.05, 4.69) is 25.7 Å². The van der Waals surface area contributed by atoms with Crippen LogP contribution in [0.2, 0.25) is 0 Å². The van der Waals surface area contributed by atoms with E-state index in [1.165, 1.54) is 6.92 Å². The first kappa shape index (κ1) is 12.7. The van der Waals surface area contributed by atoms with Gasteiger partial charge in [-0.05, 0) is 12.0 Å². The van der Waals surface area contributed by atoms with Gasteiger partial charge in [-0.25, -0.2) is 0 Å². The Balaban J connectivity index is 4.52. The quantitative estimate of drug-likeness (QED) is 0.668. The molecule has 0 aliphatic heterocycles. The van der Waals surface area contributed by atoms with E-state index in [1.807, 2.05) is 18.2 Å². The minimum absolute atomic E-state index is 0.0479. The maximum Gasteiger partial charge on any atom is 0.221 e. The highest BCUT2D eigenvalue weighted by atomic mass is 16.1. The Hall–Kier alpha value is -1.31. The lowest BCUT2D eigenvalue weighted by atomic mass is 10.1. The van der Waals surface area contributed by atoms with Crippen LogP contribution in [-0.4, -0.2) is 5.91 Å². The molecule has 0 saturated heterocycles. The molecule has 0 aliphatic carbocycles. The Kier molecular flexibility index (Phi) is 6.46. The summed E-state index contributed by atoms with van der Waals surface area (Å²) in [5.74, 6) is 0.416. The van der Waals surface area contributed by atoms with E-state index in [0.717, 1.165) is 12.1 Å². The average Bonchev–Trinajstić information content (AvgIpc) is 2.13. The number of carbonyl (C=O) groups is 1. The molecule has 0 radical (unpaired) electrons. The summed E-state index contributed by atoms with van der Waals surface area (Å²) < 4.78 is 0. The summed E-state index contributed by atoms with van der Waals surface area (Å²) in [6, 6.07) is 0. The Labute approximate surface area is 86.4 Å². The summed E-state index contributed by atoms with van der Waals surface area (Å²) in [5, 5.41) is 2.77. The number of nitrogens with one attached hydrogen (secondary N) is 1. The van der Waals surface area contributed by atoms with Gasteiger partial charge in [0.2, 0.25) is 5.91 Å². The molecule has 0 aromatic heterocycles. The van der Waals surface area contributed by atoms with Gasteiger partial charge < -0.3 is 5.32 Å². The Morgan fingerprint density at radius 1 is 1.57 bits per heavy atom. The minimum atomic E-state index is -0.0479. The minimum Gasteiger partial charge on any atom is -0.327 e. The van der Waals surface area contributed by atoms with Crippen LogP contribution in [0.4, 0.5) is 0 Å². The van der Waals surface area contributed by atoms with Crippen LogP contribution in [-0.2, 0) is 4.79 Å². The largest absolute Gasteiger partial charge is 0.327 e. The molecule has 0 bridgehead atoms. The van der Waals surface area contributed by atoms with Gasteiger partial charge in [-0.2, -0.15) is 0 Å². The Morgan fingerprint density at radius 2 is 2.21 bits per heavy atom. The van der Waals surface area contributed by atoms with Crippen LogP contribution in [0.25, 0.3) is 0 Å². The summed E-state index contributed by atoms with van der Waals surface area (Å²) >= 11 is 0. The number of hydrogen-bond acceptors (Lipinski definition) is 1. The van der Waals surface area contributed by atoms with Crippen LogP contribution < -0.4 is 5.32 Å². The zero-order valence-electron chi connectivity index (χ0n) is 9.21. The van der Waals surface area contributed by atoms with Crippen molar-refractivity contribution in [2.45, 2.75) is 27.2 Å². The molecule has 2 nitrogen and oxygen atoms in total. The zero-order valence-corrected chi connectivity index (χ0v) is 9.21. The molecule has 78 valence electrons. The zero-order chi connectivity index (χ0) is 11.0. The highest BCUT2D eigenvalue weighted by Gasteiger charge is 1.98. The third kappa shape index (κ3) is 6.23. The SMILES string of the molecule is C=CC=CC(=CC(C)CC)NC(C)=O. The fraction of sp³-hybridized carbons (Fsp3) is 0.417. The molecule has 0 saturated carbocycles. The van der Waals surface area contributed by atoms with Gasteiger partial charge in [-0.1, -0.05) is 45.1 Å². The lowest BCUT2D eigenvalue weighted by molar-refractivity contribution is -0.118. The van der Waals surface area contributed by atoms with E-state index in [-0.39, 0.29) is 5.91 Å². The second-order valence-corrected chi connectivity index (χ2v) is 3.28. The molecule has 14 heavy (non-hydrogen) atoms. The van der Waals surface area contributed by atoms with E-state index in [9.17, 15) is 4.79 Å². The van der Waals surface area contributed by atoms with Crippen LogP contribution in [0.1, 0.15) is 27.2 Å². The van der Waals surface area contributed by atoms with Crippen molar-refractivity contribution >= 4 is 5.91 Å². The molecule has 0 spiro atoms. The molecule has 1 unspecified atom stereocenters. The van der Waals surface area contributed by atoms with Crippen LogP contribution >= 0.6 is 0 Å². The van der Waals surface area contributed by atoms with E-state index >= 15 is 0 Å². The van der Waals surface area contributed by atoms with Crippen LogP contribution in [0.3, 0.4) is 0 Å². The lowest BCUT2D eigenvalue weighted by Crippen LogP contribution is -2.18. The van der Waals surface area contributed by atoms with Gasteiger partial charge in [-0.3, -0.25) is 4.79 Å². The summed E-state index contributed by atoms with van der Waals surface area (Å²) in [6.07, 6.45) is 8.45. The van der Waals surface area contributed by atoms with Gasteiger partial charge in [0, 0.05) is 12.6 Å². The first-order valence-corrected chi connectivity index (χ1v) is 4.88. The normalized spacial score (nSPS) is 14.1. The second kappa shape index (κ2) is 7.13. The fourth-order valence-electron chi connectivity index (χ4n) is 0.938. The van der Waals surface area contributed by atoms with Crippen molar-refractivity contribution in [2.24, 2.45) is 5.92 Å². The molecule has 0 rings (SSSR count). The summed E-state index contributed by atoms with van der Waals surface area (Å²) in [7, 11) is 0. The standard InChI is InChI=1S/C12H19NO/c1-5-7-8-12(13-11(4)14)9-10(3)6-2/h5,7-10H,1,6H2,2-4H3,(H,13,14). The molecule has 0 aromatic rings. The van der Waals surface area contributed by atoms with E-state index in [0.29, 0.717) is 5.92 Å². The first-order valence-electron chi connectivity index (χ1n) is 4.88. The predicted octanol–water partition coefficient (Wildman–Crippen LogP) is 2.79. The number of amides is 1. The van der Waals surface area contributed by atoms with Crippen LogP contribution in [0.5, 0.6) is 0 Å². The highest BCUT2D eigenvalue weighted by Crippen LogP contribution is 2.06. The van der Waals surface area contributed by atoms with E-state index in [4.69, 9.17) is 0 Å². The summed E-state index contributed by atoms with van der Waals surface area (Å²) in [5.41, 5.74) is 0.840. The van der Waals surface area contributed by atoms with Crippen molar-refractivity contribution in [2.75, 3.05) is 0 Å². The van der Waals surface area contributed by atoms with Gasteiger partial charge in [-0.15, -0.1) is 0 Å². The number of hydrogen-bond donors (Lipinski definition) is 1. The molecule has 0 aromatic carbocycles. The van der Waals surface area contributed by atoms with Crippen molar-refractivity contribution in [1.29, 1.82) is 0 Å². The van der Waals surface area contributed by atoms with Crippen molar-refractivity contribution in [1.82, 2.24) is 5.32 Å². The topological polar surface area (TPSA) is 29.1 Å². The lowest BCUT2D eigenvalue weighted by Gasteiger charge is -2.06. The van der Waals surface area contributed by atoms with Gasteiger partial charge >= 0.3 is 0 Å². The van der Waals surface area contributed by atoms with E-state index < -0.39 is 0 Å². The highest BCUT2D eigenvalue weighted by molar-refractivity contribution is 5.75. The fourth-order valence-corrected chi connectivity index (χ4v) is 0.938. The second-order valence-electron chi connectivity index (χ2n) is 3.28. The molecule has 0 aliphatic rings. The van der Waals surface area contributed by atoms with Gasteiger partial charge in [0.05, 0.1) is 0 Å². The third-order valence-electron chi connectivity index (χ3n) is 1.84.